The average Bonchev–Trinajstić information content (AvgIpc) is 3.38. The Bertz CT molecular complexity index is 761. The summed E-state index contributed by atoms with van der Waals surface area (Å²) in [5.74, 6) is -0.973. The molecule has 0 radical (unpaired) electrons. The molecule has 2 fully saturated rings. The van der Waals surface area contributed by atoms with E-state index in [9.17, 15) is 9.90 Å². The first kappa shape index (κ1) is 28.3. The molecule has 0 bridgehead atoms. The van der Waals surface area contributed by atoms with Crippen molar-refractivity contribution < 1.29 is 34.4 Å². The summed E-state index contributed by atoms with van der Waals surface area (Å²) in [6, 6.07) is 5.62. The normalized spacial score (nSPS) is 19.7. The minimum Gasteiger partial charge on any atom is -0.493 e. The second-order valence-electron chi connectivity index (χ2n) is 8.10. The fourth-order valence-electron chi connectivity index (χ4n) is 3.70. The van der Waals surface area contributed by atoms with Crippen LogP contribution in [0, 0.1) is 6.92 Å². The number of likely N-dealkylation sites (tertiary alicyclic amines) is 2. The number of ether oxygens (including phenoxy) is 1. The number of hydrogen-bond acceptors (Lipinski definition) is 7. The Kier molecular flexibility index (Phi) is 12.4. The maximum atomic E-state index is 12.9. The van der Waals surface area contributed by atoms with Gasteiger partial charge < -0.3 is 30.7 Å². The molecule has 2 aliphatic heterocycles. The smallest absolute Gasteiger partial charge is 0.300 e. The van der Waals surface area contributed by atoms with Crippen molar-refractivity contribution in [2.75, 3.05) is 39.3 Å². The molecule has 2 heterocycles. The largest absolute Gasteiger partial charge is 0.493 e. The first-order valence-corrected chi connectivity index (χ1v) is 11.1. The van der Waals surface area contributed by atoms with Gasteiger partial charge in [-0.25, -0.2) is 0 Å². The third-order valence-corrected chi connectivity index (χ3v) is 5.20. The molecule has 186 valence electrons. The lowest BCUT2D eigenvalue weighted by Crippen LogP contribution is -2.41. The Labute approximate surface area is 194 Å². The summed E-state index contributed by atoms with van der Waals surface area (Å²) in [6.07, 6.45) is 2.68. The molecule has 10 nitrogen and oxygen atoms in total. The van der Waals surface area contributed by atoms with E-state index in [4.69, 9.17) is 30.3 Å². The van der Waals surface area contributed by atoms with Crippen LogP contribution in [0.5, 0.6) is 5.75 Å². The molecule has 3 rings (SSSR count). The van der Waals surface area contributed by atoms with Gasteiger partial charge in [-0.2, -0.15) is 0 Å². The van der Waals surface area contributed by atoms with Crippen LogP contribution >= 0.6 is 0 Å². The lowest BCUT2D eigenvalue weighted by Gasteiger charge is -2.25. The van der Waals surface area contributed by atoms with Gasteiger partial charge in [0.05, 0.1) is 18.8 Å². The highest BCUT2D eigenvalue weighted by Gasteiger charge is 2.38. The summed E-state index contributed by atoms with van der Waals surface area (Å²) < 4.78 is 5.75. The summed E-state index contributed by atoms with van der Waals surface area (Å²) in [6.45, 7) is 8.31. The predicted molar refractivity (Wildman–Crippen MR) is 123 cm³/mol. The molecule has 2 saturated heterocycles. The van der Waals surface area contributed by atoms with Crippen LogP contribution in [0.1, 0.15) is 49.0 Å². The molecular formula is C23H37N3O7. The Morgan fingerprint density at radius 2 is 1.67 bits per heavy atom. The molecule has 0 spiro atoms. The molecule has 33 heavy (non-hydrogen) atoms. The van der Waals surface area contributed by atoms with E-state index in [1.54, 1.807) is 4.90 Å². The average molecular weight is 468 g/mol. The van der Waals surface area contributed by atoms with Gasteiger partial charge in [-0.05, 0) is 63.5 Å². The molecule has 1 amide bonds. The molecule has 0 saturated carbocycles. The van der Waals surface area contributed by atoms with Crippen LogP contribution < -0.4 is 10.5 Å². The van der Waals surface area contributed by atoms with Crippen molar-refractivity contribution in [3.05, 3.63) is 29.3 Å². The molecule has 5 N–H and O–H groups in total. The topological polar surface area (TPSA) is 154 Å². The number of carboxylic acids is 2. The zero-order valence-electron chi connectivity index (χ0n) is 19.7. The Balaban J connectivity index is 0.000000591. The number of aryl methyl sites for hydroxylation is 1. The van der Waals surface area contributed by atoms with E-state index in [1.807, 2.05) is 25.1 Å². The van der Waals surface area contributed by atoms with Gasteiger partial charge in [0.15, 0.2) is 0 Å². The Morgan fingerprint density at radius 1 is 1.09 bits per heavy atom. The predicted octanol–water partition coefficient (Wildman–Crippen LogP) is 1.19. The van der Waals surface area contributed by atoms with Gasteiger partial charge in [0, 0.05) is 32.5 Å². The van der Waals surface area contributed by atoms with Crippen LogP contribution in [0.3, 0.4) is 0 Å². The van der Waals surface area contributed by atoms with Gasteiger partial charge in [-0.3, -0.25) is 19.3 Å². The third-order valence-electron chi connectivity index (χ3n) is 5.20. The maximum absolute atomic E-state index is 12.9. The number of hydrogen-bond donors (Lipinski definition) is 4. The maximum Gasteiger partial charge on any atom is 0.300 e. The van der Waals surface area contributed by atoms with Crippen molar-refractivity contribution in [2.24, 2.45) is 5.73 Å². The van der Waals surface area contributed by atoms with Gasteiger partial charge in [-0.15, -0.1) is 0 Å². The number of aliphatic hydroxyl groups is 1. The van der Waals surface area contributed by atoms with E-state index in [0.29, 0.717) is 31.8 Å². The monoisotopic (exact) mass is 467 g/mol. The van der Waals surface area contributed by atoms with Crippen molar-refractivity contribution in [1.29, 1.82) is 0 Å². The number of carboxylic acid groups (broad SMARTS) is 2. The van der Waals surface area contributed by atoms with Crippen molar-refractivity contribution in [3.8, 4) is 5.75 Å². The zero-order valence-corrected chi connectivity index (χ0v) is 19.7. The fraction of sp³-hybridized carbons (Fsp3) is 0.609. The molecule has 0 aromatic heterocycles. The summed E-state index contributed by atoms with van der Waals surface area (Å²) >= 11 is 0. The number of nitrogens with two attached hydrogens (primary N) is 1. The van der Waals surface area contributed by atoms with Crippen LogP contribution in [0.2, 0.25) is 0 Å². The summed E-state index contributed by atoms with van der Waals surface area (Å²) in [7, 11) is 0. The van der Waals surface area contributed by atoms with Gasteiger partial charge in [0.25, 0.3) is 17.8 Å². The van der Waals surface area contributed by atoms with E-state index in [0.717, 1.165) is 44.7 Å². The van der Waals surface area contributed by atoms with E-state index in [2.05, 4.69) is 4.90 Å². The van der Waals surface area contributed by atoms with E-state index >= 15 is 0 Å². The number of rotatable bonds is 6. The SMILES string of the molecule is CC(=O)O.CC(=O)O.Cc1ccc(C(=O)N2C[C@H](O)[C@@H](N3CCCC3)C2)cc1OCCCN. The third kappa shape index (κ3) is 10.2. The summed E-state index contributed by atoms with van der Waals surface area (Å²) in [4.78, 5) is 34.9. The van der Waals surface area contributed by atoms with E-state index < -0.39 is 18.0 Å². The van der Waals surface area contributed by atoms with Gasteiger partial charge in [-0.1, -0.05) is 6.07 Å². The summed E-state index contributed by atoms with van der Waals surface area (Å²) in [5, 5.41) is 25.2. The van der Waals surface area contributed by atoms with Crippen LogP contribution in [0.25, 0.3) is 0 Å². The van der Waals surface area contributed by atoms with Crippen molar-refractivity contribution >= 4 is 17.8 Å². The van der Waals surface area contributed by atoms with Crippen LogP contribution in [-0.2, 0) is 9.59 Å². The molecule has 0 unspecified atom stereocenters. The van der Waals surface area contributed by atoms with E-state index in [1.165, 1.54) is 12.8 Å². The number of β-amino-alcohol motifs (C(OH)–C–C–N with tert-alkyl or cyclic N) is 1. The van der Waals surface area contributed by atoms with Crippen LogP contribution in [0.15, 0.2) is 18.2 Å². The van der Waals surface area contributed by atoms with Gasteiger partial charge in [0.2, 0.25) is 0 Å². The zero-order chi connectivity index (χ0) is 25.0. The highest BCUT2D eigenvalue weighted by molar-refractivity contribution is 5.95. The number of aliphatic carboxylic acids is 2. The molecule has 2 atom stereocenters. The number of carbonyl (C=O) groups excluding carboxylic acids is 1. The molecule has 0 aliphatic carbocycles. The lowest BCUT2D eigenvalue weighted by molar-refractivity contribution is -0.135. The second kappa shape index (κ2) is 14.5. The van der Waals surface area contributed by atoms with Crippen molar-refractivity contribution in [3.63, 3.8) is 0 Å². The number of carbonyl (C=O) groups is 3. The Hall–Kier alpha value is -2.69. The molecule has 1 aromatic carbocycles. The first-order chi connectivity index (χ1) is 15.6. The highest BCUT2D eigenvalue weighted by atomic mass is 16.5. The van der Waals surface area contributed by atoms with E-state index in [-0.39, 0.29) is 11.9 Å². The van der Waals surface area contributed by atoms with Crippen LogP contribution in [0.4, 0.5) is 0 Å². The molecule has 2 aliphatic rings. The number of benzene rings is 1. The molecular weight excluding hydrogens is 430 g/mol. The van der Waals surface area contributed by atoms with Crippen molar-refractivity contribution in [1.82, 2.24) is 9.80 Å². The van der Waals surface area contributed by atoms with Gasteiger partial charge >= 0.3 is 0 Å². The minimum atomic E-state index is -0.833. The highest BCUT2D eigenvalue weighted by Crippen LogP contribution is 2.25. The number of amides is 1. The van der Waals surface area contributed by atoms with Crippen LogP contribution in [-0.4, -0.2) is 94.4 Å². The van der Waals surface area contributed by atoms with Crippen molar-refractivity contribution in [2.45, 2.75) is 52.2 Å². The Morgan fingerprint density at radius 3 is 2.21 bits per heavy atom. The summed E-state index contributed by atoms with van der Waals surface area (Å²) in [5.41, 5.74) is 7.12. The fourth-order valence-corrected chi connectivity index (χ4v) is 3.70. The lowest BCUT2D eigenvalue weighted by atomic mass is 10.1. The van der Waals surface area contributed by atoms with Gasteiger partial charge in [0.1, 0.15) is 5.75 Å². The minimum absolute atomic E-state index is 0.0376. The number of aliphatic hydroxyl groups excluding tert-OH is 1. The molecule has 1 aromatic rings. The molecule has 10 heteroatoms. The quantitative estimate of drug-likeness (QED) is 0.452. The first-order valence-electron chi connectivity index (χ1n) is 11.1. The standard InChI is InChI=1S/C19H29N3O3.2C2H4O2/c1-14-5-6-15(11-18(14)25-10-4-7-20)19(24)22-12-16(17(23)13-22)21-8-2-3-9-21;2*1-2(3)4/h5-6,11,16-17,23H,2-4,7-10,12-13,20H2,1H3;2*1H3,(H,3,4)/t16-,17-;;/m0../s1. The number of nitrogens with zero attached hydrogens (tertiary/aromatic N) is 2. The second-order valence-corrected chi connectivity index (χ2v) is 8.10.